The van der Waals surface area contributed by atoms with Gasteiger partial charge >= 0.3 is 5.97 Å². The molecule has 0 radical (unpaired) electrons. The number of hydrogen-bond donors (Lipinski definition) is 1. The van der Waals surface area contributed by atoms with E-state index < -0.39 is 0 Å². The second-order valence-electron chi connectivity index (χ2n) is 7.78. The first kappa shape index (κ1) is 23.4. The van der Waals surface area contributed by atoms with Gasteiger partial charge in [-0.05, 0) is 48.9 Å². The lowest BCUT2D eigenvalue weighted by atomic mass is 10.1. The zero-order valence-corrected chi connectivity index (χ0v) is 19.0. The molecule has 1 N–H and O–H groups in total. The Balaban J connectivity index is 1.29. The Kier molecular flexibility index (Phi) is 7.85. The lowest BCUT2D eigenvalue weighted by molar-refractivity contribution is 0.0342. The summed E-state index contributed by atoms with van der Waals surface area (Å²) in [5, 5.41) is 4.00. The van der Waals surface area contributed by atoms with Crippen LogP contribution in [0.15, 0.2) is 70.2 Å². The number of morpholine rings is 1. The van der Waals surface area contributed by atoms with E-state index >= 15 is 0 Å². The highest BCUT2D eigenvalue weighted by molar-refractivity contribution is 5.94. The smallest absolute Gasteiger partial charge is 0.338 e. The van der Waals surface area contributed by atoms with Gasteiger partial charge in [0.05, 0.1) is 31.6 Å². The van der Waals surface area contributed by atoms with Crippen LogP contribution in [0.5, 0.6) is 0 Å². The number of esters is 1. The van der Waals surface area contributed by atoms with Gasteiger partial charge in [-0.25, -0.2) is 10.2 Å². The fourth-order valence-corrected chi connectivity index (χ4v) is 3.56. The number of amides is 1. The molecule has 2 aromatic carbocycles. The largest absolute Gasteiger partial charge is 0.462 e. The number of furan rings is 1. The highest BCUT2D eigenvalue weighted by Crippen LogP contribution is 2.22. The summed E-state index contributed by atoms with van der Waals surface area (Å²) in [6.07, 6.45) is 1.45. The molecule has 8 heteroatoms. The van der Waals surface area contributed by atoms with Gasteiger partial charge in [0.25, 0.3) is 5.91 Å². The van der Waals surface area contributed by atoms with Gasteiger partial charge in [-0.1, -0.05) is 24.3 Å². The Morgan fingerprint density at radius 1 is 1.00 bits per heavy atom. The third kappa shape index (κ3) is 6.18. The number of hydrazone groups is 1. The highest BCUT2D eigenvalue weighted by atomic mass is 16.5. The normalized spacial score (nSPS) is 14.3. The van der Waals surface area contributed by atoms with Crippen LogP contribution in [0, 0.1) is 0 Å². The number of rotatable bonds is 8. The van der Waals surface area contributed by atoms with E-state index in [2.05, 4.69) is 15.4 Å². The molecule has 1 fully saturated rings. The number of carbonyl (C=O) groups is 2. The molecule has 0 spiro atoms. The van der Waals surface area contributed by atoms with E-state index in [1.165, 1.54) is 6.21 Å². The van der Waals surface area contributed by atoms with Crippen molar-refractivity contribution < 1.29 is 23.5 Å². The molecule has 1 saturated heterocycles. The van der Waals surface area contributed by atoms with E-state index in [1.54, 1.807) is 55.5 Å². The summed E-state index contributed by atoms with van der Waals surface area (Å²) in [4.78, 5) is 26.5. The second kappa shape index (κ2) is 11.4. The molecule has 1 amide bonds. The molecule has 0 atom stereocenters. The van der Waals surface area contributed by atoms with Gasteiger partial charge in [0.15, 0.2) is 0 Å². The van der Waals surface area contributed by atoms with Gasteiger partial charge < -0.3 is 13.9 Å². The second-order valence-corrected chi connectivity index (χ2v) is 7.78. The molecule has 2 heterocycles. The molecule has 0 saturated carbocycles. The van der Waals surface area contributed by atoms with Crippen LogP contribution in [0.25, 0.3) is 11.3 Å². The lowest BCUT2D eigenvalue weighted by Gasteiger charge is -2.26. The summed E-state index contributed by atoms with van der Waals surface area (Å²) in [6.45, 7) is 6.31. The van der Waals surface area contributed by atoms with Gasteiger partial charge in [-0.3, -0.25) is 9.69 Å². The Morgan fingerprint density at radius 2 is 1.71 bits per heavy atom. The monoisotopic (exact) mass is 461 g/mol. The van der Waals surface area contributed by atoms with Crippen molar-refractivity contribution in [3.8, 4) is 11.3 Å². The molecule has 1 aliphatic rings. The minimum Gasteiger partial charge on any atom is -0.462 e. The van der Waals surface area contributed by atoms with E-state index in [1.807, 2.05) is 12.1 Å². The fraction of sp³-hybridized carbons (Fsp3) is 0.269. The Labute approximate surface area is 198 Å². The summed E-state index contributed by atoms with van der Waals surface area (Å²) in [5.41, 5.74) is 5.50. The van der Waals surface area contributed by atoms with Gasteiger partial charge in [0, 0.05) is 30.8 Å². The van der Waals surface area contributed by atoms with Gasteiger partial charge in [0.1, 0.15) is 11.5 Å². The Bertz CT molecular complexity index is 1130. The average molecular weight is 462 g/mol. The Morgan fingerprint density at radius 3 is 2.41 bits per heavy atom. The van der Waals surface area contributed by atoms with Crippen LogP contribution in [0.1, 0.15) is 39.0 Å². The molecule has 8 nitrogen and oxygen atoms in total. The summed E-state index contributed by atoms with van der Waals surface area (Å²) in [7, 11) is 0. The van der Waals surface area contributed by atoms with Gasteiger partial charge in [0.2, 0.25) is 0 Å². The minimum atomic E-state index is -0.358. The van der Waals surface area contributed by atoms with Crippen molar-refractivity contribution in [2.24, 2.45) is 5.10 Å². The molecule has 1 aromatic heterocycles. The molecular weight excluding hydrogens is 434 g/mol. The van der Waals surface area contributed by atoms with Crippen LogP contribution < -0.4 is 5.43 Å². The number of carbonyl (C=O) groups excluding carboxylic acids is 2. The van der Waals surface area contributed by atoms with Crippen LogP contribution >= 0.6 is 0 Å². The standard InChI is InChI=1S/C26H27N3O5/c1-2-33-26(31)22-9-7-20(8-10-22)24-12-11-23(34-24)17-27-28-25(30)21-5-3-19(4-6-21)18-29-13-15-32-16-14-29/h3-12,17H,2,13-16,18H2,1H3,(H,28,30). The quantitative estimate of drug-likeness (QED) is 0.312. The summed E-state index contributed by atoms with van der Waals surface area (Å²) in [5.74, 6) is 0.462. The summed E-state index contributed by atoms with van der Waals surface area (Å²) < 4.78 is 16.1. The summed E-state index contributed by atoms with van der Waals surface area (Å²) in [6, 6.07) is 18.0. The van der Waals surface area contributed by atoms with Crippen LogP contribution in [0.3, 0.4) is 0 Å². The van der Waals surface area contributed by atoms with Crippen molar-refractivity contribution in [1.82, 2.24) is 10.3 Å². The zero-order chi connectivity index (χ0) is 23.8. The van der Waals surface area contributed by atoms with Gasteiger partial charge in [-0.15, -0.1) is 0 Å². The number of nitrogens with one attached hydrogen (secondary N) is 1. The van der Waals surface area contributed by atoms with Crippen LogP contribution in [0.2, 0.25) is 0 Å². The maximum atomic E-state index is 12.4. The van der Waals surface area contributed by atoms with E-state index in [-0.39, 0.29) is 11.9 Å². The van der Waals surface area contributed by atoms with Gasteiger partial charge in [-0.2, -0.15) is 5.10 Å². The lowest BCUT2D eigenvalue weighted by Crippen LogP contribution is -2.35. The molecule has 1 aliphatic heterocycles. The fourth-order valence-electron chi connectivity index (χ4n) is 3.56. The number of benzene rings is 2. The number of nitrogens with zero attached hydrogens (tertiary/aromatic N) is 2. The topological polar surface area (TPSA) is 93.4 Å². The van der Waals surface area contributed by atoms with Crippen LogP contribution in [0.4, 0.5) is 0 Å². The average Bonchev–Trinajstić information content (AvgIpc) is 3.34. The highest BCUT2D eigenvalue weighted by Gasteiger charge is 2.12. The van der Waals surface area contributed by atoms with Crippen molar-refractivity contribution in [1.29, 1.82) is 0 Å². The predicted molar refractivity (Wildman–Crippen MR) is 128 cm³/mol. The molecule has 3 aromatic rings. The number of hydrogen-bond acceptors (Lipinski definition) is 7. The Hall–Kier alpha value is -3.75. The molecule has 4 rings (SSSR count). The first-order valence-electron chi connectivity index (χ1n) is 11.2. The molecular formula is C26H27N3O5. The van der Waals surface area contributed by atoms with Crippen molar-refractivity contribution >= 4 is 18.1 Å². The third-order valence-electron chi connectivity index (χ3n) is 5.39. The predicted octanol–water partition coefficient (Wildman–Crippen LogP) is 3.72. The number of ether oxygens (including phenoxy) is 2. The maximum absolute atomic E-state index is 12.4. The first-order valence-corrected chi connectivity index (χ1v) is 11.2. The molecule has 0 aliphatic carbocycles. The van der Waals surface area contributed by atoms with Crippen molar-refractivity contribution in [2.45, 2.75) is 13.5 Å². The third-order valence-corrected chi connectivity index (χ3v) is 5.39. The molecule has 34 heavy (non-hydrogen) atoms. The van der Waals surface area contributed by atoms with Crippen molar-refractivity contribution in [3.63, 3.8) is 0 Å². The molecule has 0 bridgehead atoms. The maximum Gasteiger partial charge on any atom is 0.338 e. The first-order chi connectivity index (χ1) is 16.6. The van der Waals surface area contributed by atoms with E-state index in [0.29, 0.717) is 29.3 Å². The van der Waals surface area contributed by atoms with Crippen molar-refractivity contribution in [2.75, 3.05) is 32.9 Å². The van der Waals surface area contributed by atoms with E-state index in [4.69, 9.17) is 13.9 Å². The van der Waals surface area contributed by atoms with E-state index in [9.17, 15) is 9.59 Å². The zero-order valence-electron chi connectivity index (χ0n) is 19.0. The summed E-state index contributed by atoms with van der Waals surface area (Å²) >= 11 is 0. The van der Waals surface area contributed by atoms with E-state index in [0.717, 1.165) is 44.0 Å². The molecule has 176 valence electrons. The van der Waals surface area contributed by atoms with Crippen LogP contribution in [-0.4, -0.2) is 55.9 Å². The molecule has 0 unspecified atom stereocenters. The minimum absolute atomic E-state index is 0.296. The SMILES string of the molecule is CCOC(=O)c1ccc(-c2ccc(C=NNC(=O)c3ccc(CN4CCOCC4)cc3)o2)cc1. The van der Waals surface area contributed by atoms with Crippen molar-refractivity contribution in [3.05, 3.63) is 83.1 Å². The van der Waals surface area contributed by atoms with Crippen LogP contribution in [-0.2, 0) is 16.0 Å².